The van der Waals surface area contributed by atoms with Crippen LogP contribution in [-0.4, -0.2) is 24.4 Å². The molecule has 0 unspecified atom stereocenters. The van der Waals surface area contributed by atoms with Crippen molar-refractivity contribution in [2.75, 3.05) is 10.5 Å². The first-order chi connectivity index (χ1) is 8.61. The molecule has 0 amide bonds. The van der Waals surface area contributed by atoms with Crippen molar-refractivity contribution < 1.29 is 12.8 Å². The summed E-state index contributed by atoms with van der Waals surface area (Å²) in [5, 5.41) is 7.34. The normalized spacial score (nSPS) is 11.4. The topological polar surface area (TPSA) is 85.1 Å². The summed E-state index contributed by atoms with van der Waals surface area (Å²) in [7, 11) is -3.29. The standard InChI is InChI=1S/C11H13N3O3S/c1-2-6-18(15,16)14-10-5-3-4-9(7-10)11-13-12-8-17-11/h3-5,7-8,14H,2,6H2,1H3. The van der Waals surface area contributed by atoms with Gasteiger partial charge in [-0.3, -0.25) is 4.72 Å². The molecule has 0 saturated heterocycles. The minimum Gasteiger partial charge on any atom is -0.423 e. The molecule has 0 radical (unpaired) electrons. The zero-order valence-electron chi connectivity index (χ0n) is 9.83. The van der Waals surface area contributed by atoms with Crippen LogP contribution in [0.4, 0.5) is 5.69 Å². The minimum absolute atomic E-state index is 0.0950. The van der Waals surface area contributed by atoms with E-state index < -0.39 is 10.0 Å². The molecule has 1 aromatic carbocycles. The summed E-state index contributed by atoms with van der Waals surface area (Å²) in [6.45, 7) is 1.81. The Kier molecular flexibility index (Phi) is 3.61. The number of anilines is 1. The van der Waals surface area contributed by atoms with Gasteiger partial charge in [0.05, 0.1) is 5.75 Å². The van der Waals surface area contributed by atoms with Crippen molar-refractivity contribution in [1.29, 1.82) is 0 Å². The fourth-order valence-electron chi connectivity index (χ4n) is 1.51. The lowest BCUT2D eigenvalue weighted by Gasteiger charge is -2.07. The van der Waals surface area contributed by atoms with Crippen molar-refractivity contribution in [3.05, 3.63) is 30.7 Å². The molecule has 2 aromatic rings. The molecular formula is C11H13N3O3S. The highest BCUT2D eigenvalue weighted by molar-refractivity contribution is 7.92. The monoisotopic (exact) mass is 267 g/mol. The molecule has 6 nitrogen and oxygen atoms in total. The van der Waals surface area contributed by atoms with E-state index in [0.717, 1.165) is 0 Å². The van der Waals surface area contributed by atoms with Crippen LogP contribution >= 0.6 is 0 Å². The SMILES string of the molecule is CCCS(=O)(=O)Nc1cccc(-c2nnco2)c1. The Balaban J connectivity index is 2.23. The van der Waals surface area contributed by atoms with Crippen LogP contribution < -0.4 is 4.72 Å². The number of rotatable bonds is 5. The summed E-state index contributed by atoms with van der Waals surface area (Å²) in [5.41, 5.74) is 1.16. The Morgan fingerprint density at radius 3 is 2.89 bits per heavy atom. The molecule has 18 heavy (non-hydrogen) atoms. The van der Waals surface area contributed by atoms with E-state index in [2.05, 4.69) is 14.9 Å². The molecule has 1 N–H and O–H groups in total. The van der Waals surface area contributed by atoms with E-state index in [1.807, 2.05) is 6.92 Å². The first-order valence-electron chi connectivity index (χ1n) is 5.48. The number of nitrogens with zero attached hydrogens (tertiary/aromatic N) is 2. The van der Waals surface area contributed by atoms with Crippen LogP contribution in [-0.2, 0) is 10.0 Å². The Hall–Kier alpha value is -1.89. The maximum absolute atomic E-state index is 11.6. The highest BCUT2D eigenvalue weighted by Crippen LogP contribution is 2.21. The highest BCUT2D eigenvalue weighted by atomic mass is 32.2. The number of hydrogen-bond donors (Lipinski definition) is 1. The Morgan fingerprint density at radius 1 is 1.39 bits per heavy atom. The van der Waals surface area contributed by atoms with Gasteiger partial charge in [-0.25, -0.2) is 8.42 Å². The number of benzene rings is 1. The van der Waals surface area contributed by atoms with Crippen LogP contribution in [0.3, 0.4) is 0 Å². The molecular weight excluding hydrogens is 254 g/mol. The van der Waals surface area contributed by atoms with Crippen molar-refractivity contribution in [1.82, 2.24) is 10.2 Å². The summed E-state index contributed by atoms with van der Waals surface area (Å²) < 4.78 is 30.8. The van der Waals surface area contributed by atoms with Gasteiger partial charge in [0, 0.05) is 11.3 Å². The van der Waals surface area contributed by atoms with Crippen molar-refractivity contribution in [3.63, 3.8) is 0 Å². The average molecular weight is 267 g/mol. The molecule has 0 fully saturated rings. The van der Waals surface area contributed by atoms with Gasteiger partial charge < -0.3 is 4.42 Å². The third-order valence-electron chi connectivity index (χ3n) is 2.22. The van der Waals surface area contributed by atoms with Gasteiger partial charge in [-0.15, -0.1) is 10.2 Å². The molecule has 7 heteroatoms. The second-order valence-corrected chi connectivity index (χ2v) is 5.59. The predicted molar refractivity (Wildman–Crippen MR) is 67.4 cm³/mol. The van der Waals surface area contributed by atoms with E-state index in [9.17, 15) is 8.42 Å². The summed E-state index contributed by atoms with van der Waals surface area (Å²) >= 11 is 0. The van der Waals surface area contributed by atoms with Crippen LogP contribution in [0.15, 0.2) is 35.1 Å². The molecule has 2 rings (SSSR count). The molecule has 0 bridgehead atoms. The van der Waals surface area contributed by atoms with Gasteiger partial charge in [0.1, 0.15) is 0 Å². The molecule has 0 spiro atoms. The van der Waals surface area contributed by atoms with E-state index in [1.165, 1.54) is 6.39 Å². The summed E-state index contributed by atoms with van der Waals surface area (Å²) in [6.07, 6.45) is 1.79. The number of hydrogen-bond acceptors (Lipinski definition) is 5. The van der Waals surface area contributed by atoms with Crippen LogP contribution in [0, 0.1) is 0 Å². The van der Waals surface area contributed by atoms with Gasteiger partial charge in [-0.1, -0.05) is 13.0 Å². The lowest BCUT2D eigenvalue weighted by Crippen LogP contribution is -2.15. The maximum atomic E-state index is 11.6. The van der Waals surface area contributed by atoms with E-state index >= 15 is 0 Å². The number of aromatic nitrogens is 2. The van der Waals surface area contributed by atoms with Crippen molar-refractivity contribution >= 4 is 15.7 Å². The van der Waals surface area contributed by atoms with Crippen molar-refractivity contribution in [2.24, 2.45) is 0 Å². The Labute approximate surface area is 105 Å². The van der Waals surface area contributed by atoms with Crippen LogP contribution in [0.25, 0.3) is 11.5 Å². The summed E-state index contributed by atoms with van der Waals surface area (Å²) in [5.74, 6) is 0.448. The van der Waals surface area contributed by atoms with Crippen molar-refractivity contribution in [2.45, 2.75) is 13.3 Å². The minimum atomic E-state index is -3.29. The first-order valence-corrected chi connectivity index (χ1v) is 7.13. The van der Waals surface area contributed by atoms with Gasteiger partial charge >= 0.3 is 0 Å². The lowest BCUT2D eigenvalue weighted by molar-refractivity contribution is 0.568. The summed E-state index contributed by atoms with van der Waals surface area (Å²) in [6, 6.07) is 6.82. The van der Waals surface area contributed by atoms with E-state index in [1.54, 1.807) is 24.3 Å². The van der Waals surface area contributed by atoms with Gasteiger partial charge in [-0.05, 0) is 24.6 Å². The smallest absolute Gasteiger partial charge is 0.247 e. The fourth-order valence-corrected chi connectivity index (χ4v) is 2.64. The number of nitrogens with one attached hydrogen (secondary N) is 1. The van der Waals surface area contributed by atoms with E-state index in [-0.39, 0.29) is 5.75 Å². The van der Waals surface area contributed by atoms with Gasteiger partial charge in [0.15, 0.2) is 0 Å². The Bertz CT molecular complexity index is 608. The van der Waals surface area contributed by atoms with Crippen LogP contribution in [0.5, 0.6) is 0 Å². The number of sulfonamides is 1. The highest BCUT2D eigenvalue weighted by Gasteiger charge is 2.10. The predicted octanol–water partition coefficient (Wildman–Crippen LogP) is 1.89. The Morgan fingerprint density at radius 2 is 2.22 bits per heavy atom. The lowest BCUT2D eigenvalue weighted by atomic mass is 10.2. The average Bonchev–Trinajstić information content (AvgIpc) is 2.81. The molecule has 1 aromatic heterocycles. The van der Waals surface area contributed by atoms with Crippen LogP contribution in [0.2, 0.25) is 0 Å². The van der Waals surface area contributed by atoms with Gasteiger partial charge in [-0.2, -0.15) is 0 Å². The first kappa shape index (κ1) is 12.6. The van der Waals surface area contributed by atoms with Crippen LogP contribution in [0.1, 0.15) is 13.3 Å². The fraction of sp³-hybridized carbons (Fsp3) is 0.273. The molecule has 96 valence electrons. The molecule has 0 aliphatic heterocycles. The van der Waals surface area contributed by atoms with E-state index in [0.29, 0.717) is 23.6 Å². The molecule has 0 atom stereocenters. The quantitative estimate of drug-likeness (QED) is 0.894. The zero-order valence-corrected chi connectivity index (χ0v) is 10.6. The van der Waals surface area contributed by atoms with Gasteiger partial charge in [0.2, 0.25) is 22.3 Å². The van der Waals surface area contributed by atoms with Gasteiger partial charge in [0.25, 0.3) is 0 Å². The zero-order chi connectivity index (χ0) is 13.0. The second kappa shape index (κ2) is 5.18. The molecule has 0 aliphatic rings. The molecule has 0 aliphatic carbocycles. The molecule has 1 heterocycles. The molecule has 0 saturated carbocycles. The largest absolute Gasteiger partial charge is 0.423 e. The third kappa shape index (κ3) is 3.07. The van der Waals surface area contributed by atoms with E-state index in [4.69, 9.17) is 4.42 Å². The third-order valence-corrected chi connectivity index (χ3v) is 3.71. The maximum Gasteiger partial charge on any atom is 0.247 e. The second-order valence-electron chi connectivity index (χ2n) is 3.75. The van der Waals surface area contributed by atoms with Crippen molar-refractivity contribution in [3.8, 4) is 11.5 Å². The summed E-state index contributed by atoms with van der Waals surface area (Å²) in [4.78, 5) is 0.